The van der Waals surface area contributed by atoms with Crippen LogP contribution in [0, 0.1) is 0 Å². The van der Waals surface area contributed by atoms with Crippen molar-refractivity contribution in [3.05, 3.63) is 42.5 Å². The van der Waals surface area contributed by atoms with Crippen LogP contribution in [0.3, 0.4) is 0 Å². The van der Waals surface area contributed by atoms with E-state index in [0.717, 1.165) is 38.2 Å². The predicted molar refractivity (Wildman–Crippen MR) is 75.1 cm³/mol. The van der Waals surface area contributed by atoms with E-state index in [1.807, 2.05) is 12.1 Å². The molecule has 0 aliphatic carbocycles. The minimum Gasteiger partial charge on any atom is -0.435 e. The molecule has 1 atom stereocenters. The number of ether oxygens (including phenoxy) is 1. The molecule has 0 saturated carbocycles. The average Bonchev–Trinajstić information content (AvgIpc) is 2.45. The first-order valence-electron chi connectivity index (χ1n) is 6.81. The third-order valence-electron chi connectivity index (χ3n) is 3.45. The Morgan fingerprint density at radius 3 is 2.75 bits per heavy atom. The number of nitrogens with one attached hydrogen (secondary N) is 1. The molecule has 1 saturated heterocycles. The number of nitrogens with zero attached hydrogens (tertiary/aromatic N) is 1. The minimum absolute atomic E-state index is 0.163. The zero-order chi connectivity index (χ0) is 14.4. The summed E-state index contributed by atoms with van der Waals surface area (Å²) < 4.78 is 29.1. The highest BCUT2D eigenvalue weighted by Gasteiger charge is 2.21. The lowest BCUT2D eigenvalue weighted by Gasteiger charge is -2.35. The molecule has 0 spiro atoms. The van der Waals surface area contributed by atoms with Gasteiger partial charge in [0.15, 0.2) is 0 Å². The van der Waals surface area contributed by atoms with E-state index in [4.69, 9.17) is 0 Å². The van der Waals surface area contributed by atoms with Crippen molar-refractivity contribution in [3.63, 3.8) is 0 Å². The number of alkyl halides is 2. The van der Waals surface area contributed by atoms with Crippen LogP contribution >= 0.6 is 0 Å². The van der Waals surface area contributed by atoms with Crippen LogP contribution < -0.4 is 10.1 Å². The van der Waals surface area contributed by atoms with Gasteiger partial charge in [0.1, 0.15) is 5.75 Å². The Kier molecular flexibility index (Phi) is 5.49. The van der Waals surface area contributed by atoms with Gasteiger partial charge in [-0.05, 0) is 24.1 Å². The van der Waals surface area contributed by atoms with Gasteiger partial charge in [-0.2, -0.15) is 8.78 Å². The van der Waals surface area contributed by atoms with E-state index in [0.29, 0.717) is 0 Å². The maximum absolute atomic E-state index is 12.3. The molecule has 1 N–H and O–H groups in total. The molecule has 20 heavy (non-hydrogen) atoms. The van der Waals surface area contributed by atoms with Crippen LogP contribution in [-0.4, -0.2) is 37.7 Å². The van der Waals surface area contributed by atoms with Gasteiger partial charge in [-0.25, -0.2) is 0 Å². The smallest absolute Gasteiger partial charge is 0.387 e. The third-order valence-corrected chi connectivity index (χ3v) is 3.45. The molecule has 1 aromatic carbocycles. The normalized spacial score (nSPS) is 17.9. The van der Waals surface area contributed by atoms with Gasteiger partial charge in [-0.1, -0.05) is 18.2 Å². The van der Waals surface area contributed by atoms with Crippen molar-refractivity contribution in [3.8, 4) is 5.75 Å². The van der Waals surface area contributed by atoms with Gasteiger partial charge in [0.05, 0.1) is 0 Å². The van der Waals surface area contributed by atoms with Gasteiger partial charge in [0.2, 0.25) is 0 Å². The summed E-state index contributed by atoms with van der Waals surface area (Å²) in [6, 6.07) is 7.12. The van der Waals surface area contributed by atoms with E-state index >= 15 is 0 Å². The summed E-state index contributed by atoms with van der Waals surface area (Å²) in [6.07, 6.45) is 2.66. The molecule has 0 amide bonds. The summed E-state index contributed by atoms with van der Waals surface area (Å²) in [5, 5.41) is 3.31. The zero-order valence-electron chi connectivity index (χ0n) is 11.4. The molecule has 0 unspecified atom stereocenters. The number of hydrogen-bond donors (Lipinski definition) is 1. The Hall–Kier alpha value is -1.46. The molecule has 1 aromatic rings. The lowest BCUT2D eigenvalue weighted by molar-refractivity contribution is -0.0499. The maximum atomic E-state index is 12.3. The van der Waals surface area contributed by atoms with E-state index in [9.17, 15) is 8.78 Å². The second-order valence-electron chi connectivity index (χ2n) is 4.78. The van der Waals surface area contributed by atoms with E-state index < -0.39 is 6.61 Å². The highest BCUT2D eigenvalue weighted by atomic mass is 19.3. The first kappa shape index (κ1) is 14.9. The molecule has 2 rings (SSSR count). The van der Waals surface area contributed by atoms with Crippen LogP contribution in [0.2, 0.25) is 0 Å². The number of rotatable bonds is 6. The van der Waals surface area contributed by atoms with Crippen molar-refractivity contribution < 1.29 is 13.5 Å². The van der Waals surface area contributed by atoms with Crippen LogP contribution in [0.15, 0.2) is 36.9 Å². The third kappa shape index (κ3) is 4.02. The second-order valence-corrected chi connectivity index (χ2v) is 4.78. The van der Waals surface area contributed by atoms with Crippen molar-refractivity contribution in [2.24, 2.45) is 0 Å². The van der Waals surface area contributed by atoms with E-state index in [-0.39, 0.29) is 11.8 Å². The summed E-state index contributed by atoms with van der Waals surface area (Å²) in [4.78, 5) is 2.35. The Bertz CT molecular complexity index is 434. The molecule has 1 fully saturated rings. The SMILES string of the molecule is C=CC[C@H](c1cccc(OC(F)F)c1)N1CCNCC1. The summed E-state index contributed by atoms with van der Waals surface area (Å²) in [7, 11) is 0. The molecular weight excluding hydrogens is 262 g/mol. The summed E-state index contributed by atoms with van der Waals surface area (Å²) in [5.41, 5.74) is 0.991. The van der Waals surface area contributed by atoms with E-state index in [1.54, 1.807) is 18.2 Å². The number of benzene rings is 1. The molecule has 0 aromatic heterocycles. The fourth-order valence-electron chi connectivity index (χ4n) is 2.55. The highest BCUT2D eigenvalue weighted by Crippen LogP contribution is 2.28. The van der Waals surface area contributed by atoms with Crippen LogP contribution in [0.25, 0.3) is 0 Å². The van der Waals surface area contributed by atoms with Crippen molar-refractivity contribution in [2.45, 2.75) is 19.1 Å². The number of piperazine rings is 1. The fraction of sp³-hybridized carbons (Fsp3) is 0.467. The maximum Gasteiger partial charge on any atom is 0.387 e. The lowest BCUT2D eigenvalue weighted by Crippen LogP contribution is -2.45. The van der Waals surface area contributed by atoms with Crippen LogP contribution in [0.5, 0.6) is 5.75 Å². The van der Waals surface area contributed by atoms with Gasteiger partial charge in [0.25, 0.3) is 0 Å². The number of hydrogen-bond acceptors (Lipinski definition) is 3. The minimum atomic E-state index is -2.79. The predicted octanol–water partition coefficient (Wildman–Crippen LogP) is 2.81. The molecule has 1 aliphatic heterocycles. The molecule has 0 bridgehead atoms. The van der Waals surface area contributed by atoms with E-state index in [2.05, 4.69) is 21.5 Å². The van der Waals surface area contributed by atoms with Crippen molar-refractivity contribution in [1.29, 1.82) is 0 Å². The van der Waals surface area contributed by atoms with E-state index in [1.165, 1.54) is 0 Å². The Labute approximate surface area is 118 Å². The quantitative estimate of drug-likeness (QED) is 0.812. The molecule has 5 heteroatoms. The fourth-order valence-corrected chi connectivity index (χ4v) is 2.55. The van der Waals surface area contributed by atoms with Gasteiger partial charge < -0.3 is 10.1 Å². The van der Waals surface area contributed by atoms with Crippen LogP contribution in [0.4, 0.5) is 8.78 Å². The van der Waals surface area contributed by atoms with Crippen molar-refractivity contribution in [2.75, 3.05) is 26.2 Å². The van der Waals surface area contributed by atoms with Gasteiger partial charge in [-0.15, -0.1) is 6.58 Å². The Morgan fingerprint density at radius 2 is 2.10 bits per heavy atom. The Morgan fingerprint density at radius 1 is 1.35 bits per heavy atom. The zero-order valence-corrected chi connectivity index (χ0v) is 11.4. The molecule has 3 nitrogen and oxygen atoms in total. The Balaban J connectivity index is 2.17. The van der Waals surface area contributed by atoms with Crippen LogP contribution in [0.1, 0.15) is 18.0 Å². The average molecular weight is 282 g/mol. The second kappa shape index (κ2) is 7.36. The standard InChI is InChI=1S/C15H20F2N2O/c1-2-4-14(19-9-7-18-8-10-19)12-5-3-6-13(11-12)20-15(16)17/h2-3,5-6,11,14-15,18H,1,4,7-10H2/t14-/m1/s1. The van der Waals surface area contributed by atoms with Gasteiger partial charge in [0, 0.05) is 32.2 Å². The van der Waals surface area contributed by atoms with Gasteiger partial charge in [-0.3, -0.25) is 4.90 Å². The molecule has 110 valence electrons. The lowest BCUT2D eigenvalue weighted by atomic mass is 10.0. The van der Waals surface area contributed by atoms with Gasteiger partial charge >= 0.3 is 6.61 Å². The summed E-state index contributed by atoms with van der Waals surface area (Å²) in [5.74, 6) is 0.210. The molecule has 1 aliphatic rings. The summed E-state index contributed by atoms with van der Waals surface area (Å²) in [6.45, 7) is 4.78. The molecule has 1 heterocycles. The van der Waals surface area contributed by atoms with Crippen LogP contribution in [-0.2, 0) is 0 Å². The topological polar surface area (TPSA) is 24.5 Å². The number of halogens is 2. The first-order valence-corrected chi connectivity index (χ1v) is 6.81. The molecular formula is C15H20F2N2O. The summed E-state index contributed by atoms with van der Waals surface area (Å²) >= 11 is 0. The highest BCUT2D eigenvalue weighted by molar-refractivity contribution is 5.31. The molecule has 0 radical (unpaired) electrons. The largest absolute Gasteiger partial charge is 0.435 e. The van der Waals surface area contributed by atoms with Crippen molar-refractivity contribution in [1.82, 2.24) is 10.2 Å². The first-order chi connectivity index (χ1) is 9.70. The monoisotopic (exact) mass is 282 g/mol. The van der Waals surface area contributed by atoms with Crippen molar-refractivity contribution >= 4 is 0 Å².